The second kappa shape index (κ2) is 4.42. The van der Waals surface area contributed by atoms with E-state index in [-0.39, 0.29) is 0 Å². The molecule has 0 aromatic rings. The minimum Gasteiger partial charge on any atom is -0.377 e. The molecule has 1 aliphatic carbocycles. The lowest BCUT2D eigenvalue weighted by molar-refractivity contribution is 0.106. The van der Waals surface area contributed by atoms with Gasteiger partial charge in [-0.05, 0) is 44.4 Å². The molecule has 1 aliphatic heterocycles. The van der Waals surface area contributed by atoms with Crippen LogP contribution in [-0.4, -0.2) is 24.8 Å². The van der Waals surface area contributed by atoms with E-state index in [1.165, 1.54) is 32.1 Å². The number of hydrogen-bond acceptors (Lipinski definition) is 2. The quantitative estimate of drug-likeness (QED) is 0.758. The van der Waals surface area contributed by atoms with Gasteiger partial charge in [0.15, 0.2) is 0 Å². The molecule has 15 heavy (non-hydrogen) atoms. The summed E-state index contributed by atoms with van der Waals surface area (Å²) >= 11 is 0. The second-order valence-corrected chi connectivity index (χ2v) is 6.08. The summed E-state index contributed by atoms with van der Waals surface area (Å²) in [5.74, 6) is 0. The van der Waals surface area contributed by atoms with E-state index in [0.29, 0.717) is 17.6 Å². The zero-order valence-electron chi connectivity index (χ0n) is 10.4. The molecule has 2 aliphatic rings. The standard InChI is InChI=1S/C13H25NO/c1-10-12(6-9-15-10)14-11-4-7-13(2,3)8-5-11/h10-12,14H,4-9H2,1-3H3. The average Bonchev–Trinajstić information content (AvgIpc) is 2.56. The van der Waals surface area contributed by atoms with Crippen LogP contribution in [0, 0.1) is 5.41 Å². The second-order valence-electron chi connectivity index (χ2n) is 6.08. The van der Waals surface area contributed by atoms with Crippen molar-refractivity contribution in [3.63, 3.8) is 0 Å². The largest absolute Gasteiger partial charge is 0.377 e. The summed E-state index contributed by atoms with van der Waals surface area (Å²) in [7, 11) is 0. The number of ether oxygens (including phenoxy) is 1. The third-order valence-corrected chi connectivity index (χ3v) is 4.17. The first-order valence-electron chi connectivity index (χ1n) is 6.44. The molecule has 2 nitrogen and oxygen atoms in total. The molecule has 2 unspecified atom stereocenters. The van der Waals surface area contributed by atoms with Gasteiger partial charge >= 0.3 is 0 Å². The van der Waals surface area contributed by atoms with E-state index in [1.54, 1.807) is 0 Å². The molecule has 1 N–H and O–H groups in total. The summed E-state index contributed by atoms with van der Waals surface area (Å²) in [6.07, 6.45) is 7.03. The minimum absolute atomic E-state index is 0.417. The van der Waals surface area contributed by atoms with Crippen molar-refractivity contribution in [3.8, 4) is 0 Å². The SMILES string of the molecule is CC1OCCC1NC1CCC(C)(C)CC1. The molecule has 0 radical (unpaired) electrons. The molecule has 0 aromatic heterocycles. The van der Waals surface area contributed by atoms with Gasteiger partial charge in [0.05, 0.1) is 6.10 Å². The van der Waals surface area contributed by atoms with E-state index in [2.05, 4.69) is 26.1 Å². The van der Waals surface area contributed by atoms with Gasteiger partial charge in [-0.3, -0.25) is 0 Å². The summed E-state index contributed by atoms with van der Waals surface area (Å²) in [6.45, 7) is 7.92. The van der Waals surface area contributed by atoms with E-state index in [1.807, 2.05) is 0 Å². The predicted octanol–water partition coefficient (Wildman–Crippen LogP) is 2.72. The van der Waals surface area contributed by atoms with Crippen LogP contribution < -0.4 is 5.32 Å². The van der Waals surface area contributed by atoms with Crippen LogP contribution in [0.1, 0.15) is 52.9 Å². The molecule has 88 valence electrons. The normalized spacial score (nSPS) is 37.0. The van der Waals surface area contributed by atoms with Crippen molar-refractivity contribution < 1.29 is 4.74 Å². The van der Waals surface area contributed by atoms with E-state index in [0.717, 1.165) is 12.6 Å². The van der Waals surface area contributed by atoms with Crippen molar-refractivity contribution >= 4 is 0 Å². The fraction of sp³-hybridized carbons (Fsp3) is 1.00. The Labute approximate surface area is 93.8 Å². The van der Waals surface area contributed by atoms with Gasteiger partial charge in [-0.25, -0.2) is 0 Å². The van der Waals surface area contributed by atoms with Crippen LogP contribution in [0.5, 0.6) is 0 Å². The molecule has 2 heteroatoms. The lowest BCUT2D eigenvalue weighted by atomic mass is 9.75. The number of rotatable bonds is 2. The molecule has 0 amide bonds. The molecular weight excluding hydrogens is 186 g/mol. The first-order valence-corrected chi connectivity index (χ1v) is 6.44. The molecular formula is C13H25NO. The van der Waals surface area contributed by atoms with Crippen LogP contribution in [0.25, 0.3) is 0 Å². The van der Waals surface area contributed by atoms with E-state index in [9.17, 15) is 0 Å². The Hall–Kier alpha value is -0.0800. The Morgan fingerprint density at radius 1 is 1.13 bits per heavy atom. The topological polar surface area (TPSA) is 21.3 Å². The highest BCUT2D eigenvalue weighted by Crippen LogP contribution is 2.35. The Bertz CT molecular complexity index is 205. The third-order valence-electron chi connectivity index (χ3n) is 4.17. The van der Waals surface area contributed by atoms with Crippen molar-refractivity contribution in [1.29, 1.82) is 0 Å². The molecule has 1 saturated heterocycles. The van der Waals surface area contributed by atoms with Gasteiger partial charge in [0.2, 0.25) is 0 Å². The fourth-order valence-electron chi connectivity index (χ4n) is 2.82. The van der Waals surface area contributed by atoms with Crippen molar-refractivity contribution in [1.82, 2.24) is 5.32 Å². The van der Waals surface area contributed by atoms with Gasteiger partial charge in [0.25, 0.3) is 0 Å². The smallest absolute Gasteiger partial charge is 0.0700 e. The van der Waals surface area contributed by atoms with Crippen LogP contribution in [0.2, 0.25) is 0 Å². The zero-order chi connectivity index (χ0) is 10.9. The van der Waals surface area contributed by atoms with Crippen LogP contribution in [0.15, 0.2) is 0 Å². The summed E-state index contributed by atoms with van der Waals surface area (Å²) in [6, 6.07) is 1.35. The van der Waals surface area contributed by atoms with Crippen LogP contribution in [0.3, 0.4) is 0 Å². The summed E-state index contributed by atoms with van der Waals surface area (Å²) in [5, 5.41) is 3.78. The van der Waals surface area contributed by atoms with Gasteiger partial charge < -0.3 is 10.1 Å². The van der Waals surface area contributed by atoms with Crippen molar-refractivity contribution in [3.05, 3.63) is 0 Å². The van der Waals surface area contributed by atoms with Gasteiger partial charge in [-0.2, -0.15) is 0 Å². The Morgan fingerprint density at radius 3 is 2.33 bits per heavy atom. The summed E-state index contributed by atoms with van der Waals surface area (Å²) < 4.78 is 5.59. The highest BCUT2D eigenvalue weighted by atomic mass is 16.5. The van der Waals surface area contributed by atoms with E-state index < -0.39 is 0 Å². The van der Waals surface area contributed by atoms with Crippen molar-refractivity contribution in [2.45, 2.75) is 71.1 Å². The first-order chi connectivity index (χ1) is 7.07. The molecule has 0 aromatic carbocycles. The molecule has 1 heterocycles. The molecule has 2 fully saturated rings. The van der Waals surface area contributed by atoms with Crippen LogP contribution >= 0.6 is 0 Å². The van der Waals surface area contributed by atoms with Gasteiger partial charge in [-0.1, -0.05) is 13.8 Å². The maximum absolute atomic E-state index is 5.59. The Morgan fingerprint density at radius 2 is 1.80 bits per heavy atom. The maximum Gasteiger partial charge on any atom is 0.0700 e. The predicted molar refractivity (Wildman–Crippen MR) is 63.0 cm³/mol. The highest BCUT2D eigenvalue weighted by molar-refractivity contribution is 4.87. The Balaban J connectivity index is 1.77. The van der Waals surface area contributed by atoms with Gasteiger partial charge in [0.1, 0.15) is 0 Å². The molecule has 2 atom stereocenters. The zero-order valence-corrected chi connectivity index (χ0v) is 10.4. The molecule has 0 bridgehead atoms. The average molecular weight is 211 g/mol. The first kappa shape index (κ1) is 11.4. The maximum atomic E-state index is 5.59. The number of hydrogen-bond donors (Lipinski definition) is 1. The van der Waals surface area contributed by atoms with Gasteiger partial charge in [-0.15, -0.1) is 0 Å². The number of nitrogens with one attached hydrogen (secondary N) is 1. The third kappa shape index (κ3) is 2.94. The Kier molecular flexibility index (Phi) is 3.36. The van der Waals surface area contributed by atoms with Crippen LogP contribution in [0.4, 0.5) is 0 Å². The van der Waals surface area contributed by atoms with E-state index in [4.69, 9.17) is 4.74 Å². The lowest BCUT2D eigenvalue weighted by Crippen LogP contribution is -2.44. The monoisotopic (exact) mass is 211 g/mol. The summed E-state index contributed by atoms with van der Waals surface area (Å²) in [5.41, 5.74) is 0.579. The fourth-order valence-corrected chi connectivity index (χ4v) is 2.82. The lowest BCUT2D eigenvalue weighted by Gasteiger charge is -2.36. The van der Waals surface area contributed by atoms with Gasteiger partial charge in [0, 0.05) is 18.7 Å². The van der Waals surface area contributed by atoms with Crippen LogP contribution in [-0.2, 0) is 4.74 Å². The summed E-state index contributed by atoms with van der Waals surface area (Å²) in [4.78, 5) is 0. The van der Waals surface area contributed by atoms with Crippen molar-refractivity contribution in [2.75, 3.05) is 6.61 Å². The minimum atomic E-state index is 0.417. The molecule has 2 rings (SSSR count). The molecule has 1 saturated carbocycles. The van der Waals surface area contributed by atoms with E-state index >= 15 is 0 Å². The highest BCUT2D eigenvalue weighted by Gasteiger charge is 2.31. The van der Waals surface area contributed by atoms with Crippen molar-refractivity contribution in [2.24, 2.45) is 5.41 Å². The molecule has 0 spiro atoms.